The van der Waals surface area contributed by atoms with E-state index in [4.69, 9.17) is 5.73 Å². The first kappa shape index (κ1) is 18.9. The zero-order valence-electron chi connectivity index (χ0n) is 13.2. The lowest BCUT2D eigenvalue weighted by Crippen LogP contribution is -2.50. The van der Waals surface area contributed by atoms with Crippen molar-refractivity contribution in [1.29, 1.82) is 0 Å². The molecule has 3 N–H and O–H groups in total. The molecule has 1 saturated heterocycles. The summed E-state index contributed by atoms with van der Waals surface area (Å²) in [5.41, 5.74) is 5.27. The number of nitrogens with zero attached hydrogens (tertiary/aromatic N) is 1. The maximum Gasteiger partial charge on any atom is 0.241 e. The maximum absolute atomic E-state index is 12.4. The van der Waals surface area contributed by atoms with Crippen LogP contribution in [0.1, 0.15) is 19.8 Å². The van der Waals surface area contributed by atoms with Crippen LogP contribution >= 0.6 is 15.9 Å². The van der Waals surface area contributed by atoms with Gasteiger partial charge >= 0.3 is 0 Å². The Labute approximate surface area is 149 Å². The fraction of sp³-hybridized carbons (Fsp3) is 0.467. The number of carbonyl (C=O) groups is 2. The Morgan fingerprint density at radius 1 is 1.25 bits per heavy atom. The number of piperidine rings is 1. The number of primary amides is 1. The van der Waals surface area contributed by atoms with Gasteiger partial charge in [-0.1, -0.05) is 15.9 Å². The molecule has 0 radical (unpaired) electrons. The highest BCUT2D eigenvalue weighted by Gasteiger charge is 2.30. The highest BCUT2D eigenvalue weighted by molar-refractivity contribution is 9.10. The van der Waals surface area contributed by atoms with E-state index in [0.717, 1.165) is 4.47 Å². The van der Waals surface area contributed by atoms with Gasteiger partial charge in [0.25, 0.3) is 0 Å². The molecule has 1 aliphatic rings. The Hall–Kier alpha value is -1.45. The van der Waals surface area contributed by atoms with Crippen LogP contribution in [0.15, 0.2) is 33.6 Å². The van der Waals surface area contributed by atoms with Gasteiger partial charge in [0.15, 0.2) is 0 Å². The minimum Gasteiger partial charge on any atom is -0.369 e. The quantitative estimate of drug-likeness (QED) is 0.739. The number of nitrogens with one attached hydrogen (secondary N) is 1. The van der Waals surface area contributed by atoms with Crippen LogP contribution in [-0.4, -0.2) is 44.3 Å². The largest absolute Gasteiger partial charge is 0.369 e. The zero-order valence-corrected chi connectivity index (χ0v) is 15.6. The van der Waals surface area contributed by atoms with Crippen LogP contribution in [0.25, 0.3) is 0 Å². The van der Waals surface area contributed by atoms with E-state index < -0.39 is 16.1 Å². The molecule has 1 atom stereocenters. The monoisotopic (exact) mass is 417 g/mol. The average Bonchev–Trinajstić information content (AvgIpc) is 2.54. The van der Waals surface area contributed by atoms with Gasteiger partial charge in [-0.25, -0.2) is 8.42 Å². The van der Waals surface area contributed by atoms with Crippen molar-refractivity contribution in [3.8, 4) is 0 Å². The molecule has 0 aromatic heterocycles. The molecule has 2 amide bonds. The van der Waals surface area contributed by atoms with E-state index in [1.54, 1.807) is 17.0 Å². The molecule has 0 bridgehead atoms. The van der Waals surface area contributed by atoms with Crippen LogP contribution in [0.2, 0.25) is 0 Å². The summed E-state index contributed by atoms with van der Waals surface area (Å²) in [4.78, 5) is 25.2. The molecule has 24 heavy (non-hydrogen) atoms. The first-order valence-electron chi connectivity index (χ1n) is 7.56. The smallest absolute Gasteiger partial charge is 0.241 e. The zero-order chi connectivity index (χ0) is 17.9. The molecular weight excluding hydrogens is 398 g/mol. The van der Waals surface area contributed by atoms with Gasteiger partial charge < -0.3 is 10.6 Å². The first-order chi connectivity index (χ1) is 11.2. The second-order valence-corrected chi connectivity index (χ2v) is 8.43. The van der Waals surface area contributed by atoms with Gasteiger partial charge in [0.2, 0.25) is 21.8 Å². The minimum atomic E-state index is -3.78. The summed E-state index contributed by atoms with van der Waals surface area (Å²) in [7, 11) is -3.78. The van der Waals surface area contributed by atoms with E-state index in [1.807, 2.05) is 0 Å². The lowest BCUT2D eigenvalue weighted by atomic mass is 9.96. The van der Waals surface area contributed by atoms with Crippen LogP contribution in [0.4, 0.5) is 0 Å². The number of rotatable bonds is 5. The highest BCUT2D eigenvalue weighted by atomic mass is 79.9. The van der Waals surface area contributed by atoms with Gasteiger partial charge in [-0.2, -0.15) is 4.72 Å². The number of halogens is 1. The Bertz CT molecular complexity index is 713. The number of sulfonamides is 1. The molecule has 2 rings (SSSR count). The van der Waals surface area contributed by atoms with Crippen LogP contribution < -0.4 is 10.5 Å². The lowest BCUT2D eigenvalue weighted by molar-refractivity contribution is -0.136. The molecule has 0 aliphatic carbocycles. The number of likely N-dealkylation sites (tertiary alicyclic amines) is 1. The number of hydrogen-bond acceptors (Lipinski definition) is 4. The fourth-order valence-electron chi connectivity index (χ4n) is 2.62. The van der Waals surface area contributed by atoms with Crippen molar-refractivity contribution in [2.24, 2.45) is 11.7 Å². The summed E-state index contributed by atoms with van der Waals surface area (Å²) < 4.78 is 27.8. The van der Waals surface area contributed by atoms with E-state index in [2.05, 4.69) is 20.7 Å². The molecule has 132 valence electrons. The van der Waals surface area contributed by atoms with Crippen LogP contribution in [0.3, 0.4) is 0 Å². The molecule has 1 heterocycles. The molecule has 1 aliphatic heterocycles. The number of amides is 2. The van der Waals surface area contributed by atoms with Crippen molar-refractivity contribution in [3.63, 3.8) is 0 Å². The van der Waals surface area contributed by atoms with Crippen LogP contribution in [0.5, 0.6) is 0 Å². The normalized spacial score (nSPS) is 17.5. The van der Waals surface area contributed by atoms with Crippen molar-refractivity contribution in [2.45, 2.75) is 30.7 Å². The van der Waals surface area contributed by atoms with E-state index in [9.17, 15) is 18.0 Å². The van der Waals surface area contributed by atoms with Gasteiger partial charge in [-0.3, -0.25) is 9.59 Å². The Morgan fingerprint density at radius 2 is 1.79 bits per heavy atom. The highest BCUT2D eigenvalue weighted by Crippen LogP contribution is 2.18. The summed E-state index contributed by atoms with van der Waals surface area (Å²) in [6.07, 6.45) is 1.01. The molecule has 1 aromatic rings. The van der Waals surface area contributed by atoms with E-state index in [1.165, 1.54) is 19.1 Å². The Kier molecular flexibility index (Phi) is 6.00. The molecule has 7 nitrogen and oxygen atoms in total. The molecule has 0 spiro atoms. The van der Waals surface area contributed by atoms with E-state index >= 15 is 0 Å². The minimum absolute atomic E-state index is 0.0952. The Balaban J connectivity index is 1.99. The number of nitrogens with two attached hydrogens (primary N) is 1. The van der Waals surface area contributed by atoms with Crippen molar-refractivity contribution < 1.29 is 18.0 Å². The number of carbonyl (C=O) groups excluding carboxylic acids is 2. The van der Waals surface area contributed by atoms with Gasteiger partial charge in [0.1, 0.15) is 0 Å². The molecular formula is C15H20BrN3O4S. The molecule has 9 heteroatoms. The van der Waals surface area contributed by atoms with Gasteiger partial charge in [-0.15, -0.1) is 0 Å². The van der Waals surface area contributed by atoms with Gasteiger partial charge in [0.05, 0.1) is 10.9 Å². The fourth-order valence-corrected chi connectivity index (χ4v) is 4.08. The molecule has 1 fully saturated rings. The second-order valence-electron chi connectivity index (χ2n) is 5.80. The van der Waals surface area contributed by atoms with Gasteiger partial charge in [0, 0.05) is 23.5 Å². The van der Waals surface area contributed by atoms with Crippen molar-refractivity contribution in [3.05, 3.63) is 28.7 Å². The first-order valence-corrected chi connectivity index (χ1v) is 9.84. The predicted molar refractivity (Wildman–Crippen MR) is 92.4 cm³/mol. The van der Waals surface area contributed by atoms with Crippen LogP contribution in [-0.2, 0) is 19.6 Å². The summed E-state index contributed by atoms with van der Waals surface area (Å²) >= 11 is 3.24. The third-order valence-corrected chi connectivity index (χ3v) is 6.12. The summed E-state index contributed by atoms with van der Waals surface area (Å²) in [5.74, 6) is -0.881. The topological polar surface area (TPSA) is 110 Å². The predicted octanol–water partition coefficient (Wildman–Crippen LogP) is 0.840. The van der Waals surface area contributed by atoms with Gasteiger partial charge in [-0.05, 0) is 44.0 Å². The summed E-state index contributed by atoms with van der Waals surface area (Å²) in [6.45, 7) is 2.31. The maximum atomic E-state index is 12.4. The lowest BCUT2D eigenvalue weighted by Gasteiger charge is -2.32. The number of hydrogen-bond donors (Lipinski definition) is 2. The summed E-state index contributed by atoms with van der Waals surface area (Å²) in [5, 5.41) is 0. The van der Waals surface area contributed by atoms with Crippen molar-refractivity contribution in [1.82, 2.24) is 9.62 Å². The Morgan fingerprint density at radius 3 is 2.29 bits per heavy atom. The third kappa shape index (κ3) is 4.55. The summed E-state index contributed by atoms with van der Waals surface area (Å²) in [6, 6.07) is 5.28. The number of benzene rings is 1. The van der Waals surface area contributed by atoms with E-state index in [-0.39, 0.29) is 22.6 Å². The van der Waals surface area contributed by atoms with Crippen molar-refractivity contribution in [2.75, 3.05) is 13.1 Å². The van der Waals surface area contributed by atoms with Crippen molar-refractivity contribution >= 4 is 37.8 Å². The van der Waals surface area contributed by atoms with E-state index in [0.29, 0.717) is 25.9 Å². The molecule has 0 unspecified atom stereocenters. The SMILES string of the molecule is C[C@H](NS(=O)(=O)c1ccc(Br)cc1)C(=O)N1CCC(C(N)=O)CC1. The second kappa shape index (κ2) is 7.62. The molecule has 0 saturated carbocycles. The standard InChI is InChI=1S/C15H20BrN3O4S/c1-10(15(21)19-8-6-11(7-9-19)14(17)20)18-24(22,23)13-4-2-12(16)3-5-13/h2-5,10-11,18H,6-9H2,1H3,(H2,17,20)/t10-/m0/s1. The third-order valence-electron chi connectivity index (χ3n) is 4.04. The molecule has 1 aromatic carbocycles. The van der Waals surface area contributed by atoms with Crippen LogP contribution in [0, 0.1) is 5.92 Å². The average molecular weight is 418 g/mol.